The van der Waals surface area contributed by atoms with Crippen LogP contribution in [0.4, 0.5) is 0 Å². The molecule has 0 spiro atoms. The molecule has 1 aromatic carbocycles. The summed E-state index contributed by atoms with van der Waals surface area (Å²) in [5, 5.41) is 4.69. The van der Waals surface area contributed by atoms with E-state index in [2.05, 4.69) is 10.3 Å². The number of hydrogen-bond acceptors (Lipinski definition) is 6. The van der Waals surface area contributed by atoms with Gasteiger partial charge in [0.05, 0.1) is 25.0 Å². The highest BCUT2D eigenvalue weighted by atomic mass is 32.2. The Bertz CT molecular complexity index is 683. The Morgan fingerprint density at radius 3 is 2.71 bits per heavy atom. The summed E-state index contributed by atoms with van der Waals surface area (Å²) in [5.41, 5.74) is 1.40. The summed E-state index contributed by atoms with van der Waals surface area (Å²) in [7, 11) is 1.59. The Balaban J connectivity index is 1.83. The predicted molar refractivity (Wildman–Crippen MR) is 97.2 cm³/mol. The Morgan fingerprint density at radius 1 is 1.29 bits per heavy atom. The van der Waals surface area contributed by atoms with E-state index in [0.717, 1.165) is 22.2 Å². The molecule has 0 saturated heterocycles. The molecule has 5 nitrogen and oxygen atoms in total. The average Bonchev–Trinajstić information content (AvgIpc) is 3.05. The first-order valence-corrected chi connectivity index (χ1v) is 9.50. The number of nitrogens with one attached hydrogen (secondary N) is 1. The number of carbonyl (C=O) groups excluding carboxylic acids is 2. The lowest BCUT2D eigenvalue weighted by Gasteiger charge is -2.02. The lowest BCUT2D eigenvalue weighted by atomic mass is 10.1. The number of nitrogens with zero attached hydrogens (tertiary/aromatic N) is 1. The van der Waals surface area contributed by atoms with Crippen molar-refractivity contribution >= 4 is 34.8 Å². The molecule has 24 heavy (non-hydrogen) atoms. The SMILES string of the molecule is CCCNC(=O)Cc1csc(SCC(=O)c2ccc(OC)cc2)n1. The van der Waals surface area contributed by atoms with Crippen molar-refractivity contribution in [2.45, 2.75) is 24.1 Å². The fraction of sp³-hybridized carbons (Fsp3) is 0.353. The van der Waals surface area contributed by atoms with Crippen molar-refractivity contribution in [1.29, 1.82) is 0 Å². The zero-order chi connectivity index (χ0) is 17.4. The van der Waals surface area contributed by atoms with E-state index in [0.29, 0.717) is 17.9 Å². The third-order valence-electron chi connectivity index (χ3n) is 3.18. The number of aromatic nitrogens is 1. The van der Waals surface area contributed by atoms with Gasteiger partial charge in [0.25, 0.3) is 0 Å². The first-order valence-electron chi connectivity index (χ1n) is 7.63. The van der Waals surface area contributed by atoms with Gasteiger partial charge in [0.1, 0.15) is 5.75 Å². The number of benzene rings is 1. The van der Waals surface area contributed by atoms with E-state index in [-0.39, 0.29) is 18.1 Å². The third kappa shape index (κ3) is 5.65. The zero-order valence-corrected chi connectivity index (χ0v) is 15.3. The number of ether oxygens (including phenoxy) is 1. The van der Waals surface area contributed by atoms with Gasteiger partial charge in [0.2, 0.25) is 5.91 Å². The molecule has 2 rings (SSSR count). The Hall–Kier alpha value is -1.86. The van der Waals surface area contributed by atoms with Gasteiger partial charge in [0.15, 0.2) is 10.1 Å². The first kappa shape index (κ1) is 18.5. The van der Waals surface area contributed by atoms with Crippen molar-refractivity contribution in [2.24, 2.45) is 0 Å². The van der Waals surface area contributed by atoms with Crippen LogP contribution in [-0.2, 0) is 11.2 Å². The highest BCUT2D eigenvalue weighted by Crippen LogP contribution is 2.24. The Morgan fingerprint density at radius 2 is 2.04 bits per heavy atom. The number of thiazole rings is 1. The van der Waals surface area contributed by atoms with Gasteiger partial charge < -0.3 is 10.1 Å². The first-order chi connectivity index (χ1) is 11.6. The maximum absolute atomic E-state index is 12.2. The second-order valence-electron chi connectivity index (χ2n) is 5.07. The van der Waals surface area contributed by atoms with E-state index >= 15 is 0 Å². The van der Waals surface area contributed by atoms with Gasteiger partial charge in [-0.2, -0.15) is 0 Å². The fourth-order valence-corrected chi connectivity index (χ4v) is 3.65. The van der Waals surface area contributed by atoms with E-state index in [1.807, 2.05) is 12.3 Å². The molecule has 1 N–H and O–H groups in total. The van der Waals surface area contributed by atoms with E-state index in [1.165, 1.54) is 23.1 Å². The van der Waals surface area contributed by atoms with Gasteiger partial charge in [-0.25, -0.2) is 4.98 Å². The summed E-state index contributed by atoms with van der Waals surface area (Å²) in [4.78, 5) is 28.2. The van der Waals surface area contributed by atoms with Crippen LogP contribution in [0.5, 0.6) is 5.75 Å². The monoisotopic (exact) mass is 364 g/mol. The van der Waals surface area contributed by atoms with Crippen LogP contribution in [0, 0.1) is 0 Å². The molecule has 0 aliphatic heterocycles. The van der Waals surface area contributed by atoms with Gasteiger partial charge in [0, 0.05) is 17.5 Å². The van der Waals surface area contributed by atoms with Gasteiger partial charge >= 0.3 is 0 Å². The van der Waals surface area contributed by atoms with Crippen LogP contribution in [0.15, 0.2) is 34.0 Å². The molecule has 0 saturated carbocycles. The molecule has 0 aliphatic carbocycles. The molecular formula is C17H20N2O3S2. The van der Waals surface area contributed by atoms with E-state index in [4.69, 9.17) is 4.74 Å². The Labute approximate surface area is 149 Å². The molecule has 128 valence electrons. The predicted octanol–water partition coefficient (Wildman–Crippen LogP) is 3.20. The molecule has 7 heteroatoms. The van der Waals surface area contributed by atoms with Crippen LogP contribution in [-0.4, -0.2) is 36.1 Å². The molecule has 0 atom stereocenters. The minimum atomic E-state index is -0.0204. The minimum absolute atomic E-state index is 0.0204. The van der Waals surface area contributed by atoms with Crippen LogP contribution in [0.25, 0.3) is 0 Å². The highest BCUT2D eigenvalue weighted by Gasteiger charge is 2.11. The number of thioether (sulfide) groups is 1. The van der Waals surface area contributed by atoms with Gasteiger partial charge in [-0.1, -0.05) is 18.7 Å². The molecule has 1 aromatic heterocycles. The molecule has 0 fully saturated rings. The van der Waals surface area contributed by atoms with E-state index < -0.39 is 0 Å². The van der Waals surface area contributed by atoms with Crippen LogP contribution in [0.3, 0.4) is 0 Å². The molecule has 2 aromatic rings. The van der Waals surface area contributed by atoms with Crippen molar-refractivity contribution in [3.05, 3.63) is 40.9 Å². The van der Waals surface area contributed by atoms with Gasteiger partial charge in [-0.15, -0.1) is 11.3 Å². The van der Waals surface area contributed by atoms with Crippen molar-refractivity contribution in [3.8, 4) is 5.75 Å². The summed E-state index contributed by atoms with van der Waals surface area (Å²) in [6.07, 6.45) is 1.20. The molecule has 0 radical (unpaired) electrons. The normalized spacial score (nSPS) is 10.4. The standard InChI is InChI=1S/C17H20N2O3S2/c1-3-8-18-16(21)9-13-10-23-17(19-13)24-11-15(20)12-4-6-14(22-2)7-5-12/h4-7,10H,3,8-9,11H2,1-2H3,(H,18,21). The van der Waals surface area contributed by atoms with E-state index in [9.17, 15) is 9.59 Å². The third-order valence-corrected chi connectivity index (χ3v) is 5.25. The van der Waals surface area contributed by atoms with E-state index in [1.54, 1.807) is 31.4 Å². The summed E-state index contributed by atoms with van der Waals surface area (Å²) in [6, 6.07) is 7.06. The van der Waals surface area contributed by atoms with Crippen LogP contribution in [0.2, 0.25) is 0 Å². The molecule has 1 amide bonds. The summed E-state index contributed by atoms with van der Waals surface area (Å²) >= 11 is 2.85. The van der Waals surface area contributed by atoms with Crippen LogP contribution >= 0.6 is 23.1 Å². The van der Waals surface area contributed by atoms with Crippen molar-refractivity contribution < 1.29 is 14.3 Å². The largest absolute Gasteiger partial charge is 0.497 e. The van der Waals surface area contributed by atoms with Crippen molar-refractivity contribution in [1.82, 2.24) is 10.3 Å². The average molecular weight is 364 g/mol. The topological polar surface area (TPSA) is 68.3 Å². The number of hydrogen-bond donors (Lipinski definition) is 1. The number of ketones is 1. The number of rotatable bonds is 9. The lowest BCUT2D eigenvalue weighted by molar-refractivity contribution is -0.120. The number of amides is 1. The summed E-state index contributed by atoms with van der Waals surface area (Å²) < 4.78 is 5.88. The maximum atomic E-state index is 12.2. The molecule has 0 aliphatic rings. The zero-order valence-electron chi connectivity index (χ0n) is 13.7. The van der Waals surface area contributed by atoms with Crippen LogP contribution < -0.4 is 10.1 Å². The second kappa shape index (κ2) is 9.44. The molecule has 1 heterocycles. The quantitative estimate of drug-likeness (QED) is 0.547. The smallest absolute Gasteiger partial charge is 0.226 e. The minimum Gasteiger partial charge on any atom is -0.497 e. The van der Waals surface area contributed by atoms with Crippen molar-refractivity contribution in [3.63, 3.8) is 0 Å². The maximum Gasteiger partial charge on any atom is 0.226 e. The summed E-state index contributed by atoms with van der Waals surface area (Å²) in [6.45, 7) is 2.69. The fourth-order valence-electron chi connectivity index (χ4n) is 1.91. The molecule has 0 bridgehead atoms. The summed E-state index contributed by atoms with van der Waals surface area (Å²) in [5.74, 6) is 1.07. The number of carbonyl (C=O) groups is 2. The van der Waals surface area contributed by atoms with Gasteiger partial charge in [-0.3, -0.25) is 9.59 Å². The molecule has 0 unspecified atom stereocenters. The highest BCUT2D eigenvalue weighted by molar-refractivity contribution is 8.01. The Kier molecular flexibility index (Phi) is 7.27. The van der Waals surface area contributed by atoms with Gasteiger partial charge in [-0.05, 0) is 30.7 Å². The number of methoxy groups -OCH3 is 1. The van der Waals surface area contributed by atoms with Crippen LogP contribution in [0.1, 0.15) is 29.4 Å². The second-order valence-corrected chi connectivity index (χ2v) is 7.15. The van der Waals surface area contributed by atoms with Crippen molar-refractivity contribution in [2.75, 3.05) is 19.4 Å². The lowest BCUT2D eigenvalue weighted by Crippen LogP contribution is -2.25. The molecular weight excluding hydrogens is 344 g/mol. The number of Topliss-reactive ketones (excluding diaryl/α,β-unsaturated/α-hetero) is 1.